The minimum absolute atomic E-state index is 0.0474. The van der Waals surface area contributed by atoms with E-state index >= 15 is 0 Å². The third-order valence-electron chi connectivity index (χ3n) is 3.87. The normalized spacial score (nSPS) is 13.3. The lowest BCUT2D eigenvalue weighted by Gasteiger charge is -2.34. The van der Waals surface area contributed by atoms with Crippen molar-refractivity contribution in [2.45, 2.75) is 65.8 Å². The van der Waals surface area contributed by atoms with Crippen LogP contribution in [0, 0.1) is 15.5 Å². The van der Waals surface area contributed by atoms with E-state index in [4.69, 9.17) is 20.8 Å². The molecule has 0 radical (unpaired) electrons. The van der Waals surface area contributed by atoms with Crippen LogP contribution in [0.4, 0.5) is 5.69 Å². The summed E-state index contributed by atoms with van der Waals surface area (Å²) in [6, 6.07) is 5.32. The molecule has 0 saturated heterocycles. The number of carbonyl (C=O) groups is 1. The maximum absolute atomic E-state index is 11.8. The quantitative estimate of drug-likeness (QED) is 0.217. The van der Waals surface area contributed by atoms with Crippen LogP contribution in [0.3, 0.4) is 0 Å². The van der Waals surface area contributed by atoms with E-state index in [2.05, 4.69) is 33.9 Å². The molecule has 1 aromatic rings. The number of carbonyl (C=O) groups excluding carboxylic acids is 1. The summed E-state index contributed by atoms with van der Waals surface area (Å²) >= 11 is 6.10. The zero-order valence-corrected chi connectivity index (χ0v) is 18.8. The Morgan fingerprint density at radius 1 is 1.33 bits per heavy atom. The highest BCUT2D eigenvalue weighted by molar-refractivity contribution is 6.71. The Bertz CT molecular complexity index is 673. The summed E-state index contributed by atoms with van der Waals surface area (Å²) in [5, 5.41) is 11.9. The first kappa shape index (κ1) is 23.6. The van der Waals surface area contributed by atoms with Gasteiger partial charge in [0.25, 0.3) is 5.69 Å². The molecule has 1 unspecified atom stereocenters. The van der Waals surface area contributed by atoms with Crippen LogP contribution in [0.15, 0.2) is 18.2 Å². The van der Waals surface area contributed by atoms with Crippen LogP contribution in [0.5, 0.6) is 0 Å². The summed E-state index contributed by atoms with van der Waals surface area (Å²) in [5.74, 6) is -0.342. The van der Waals surface area contributed by atoms with Gasteiger partial charge in [-0.05, 0) is 50.0 Å². The molecule has 0 bridgehead atoms. The van der Waals surface area contributed by atoms with Gasteiger partial charge in [-0.25, -0.2) is 0 Å². The molecular weight excluding hydrogens is 386 g/mol. The standard InChI is InChI=1S/C19H30ClNO5Si/c1-7-25-18(22)11-10-17(26-27(5,6)13-19(2,3)4)15-12-14(20)8-9-16(15)21(23)24/h8-9,12,17H,7,10-11,13H2,1-6H3. The Labute approximate surface area is 167 Å². The van der Waals surface area contributed by atoms with Crippen molar-refractivity contribution in [2.24, 2.45) is 5.41 Å². The lowest BCUT2D eigenvalue weighted by Crippen LogP contribution is -2.36. The van der Waals surface area contributed by atoms with Gasteiger partial charge in [-0.3, -0.25) is 14.9 Å². The Morgan fingerprint density at radius 3 is 2.48 bits per heavy atom. The van der Waals surface area contributed by atoms with Gasteiger partial charge >= 0.3 is 5.97 Å². The first-order valence-corrected chi connectivity index (χ1v) is 12.6. The van der Waals surface area contributed by atoms with Crippen LogP contribution in [0.25, 0.3) is 0 Å². The topological polar surface area (TPSA) is 78.7 Å². The van der Waals surface area contributed by atoms with E-state index in [0.717, 1.165) is 6.04 Å². The fourth-order valence-corrected chi connectivity index (χ4v) is 7.25. The van der Waals surface area contributed by atoms with Gasteiger partial charge in [0.15, 0.2) is 8.32 Å². The molecule has 0 spiro atoms. The first-order valence-electron chi connectivity index (χ1n) is 9.12. The molecule has 0 heterocycles. The maximum Gasteiger partial charge on any atom is 0.305 e. The van der Waals surface area contributed by atoms with E-state index in [0.29, 0.717) is 23.6 Å². The van der Waals surface area contributed by atoms with Crippen molar-refractivity contribution >= 4 is 31.6 Å². The van der Waals surface area contributed by atoms with Gasteiger partial charge in [-0.1, -0.05) is 32.4 Å². The highest BCUT2D eigenvalue weighted by Gasteiger charge is 2.34. The number of hydrogen-bond acceptors (Lipinski definition) is 5. The zero-order chi connectivity index (χ0) is 20.8. The molecule has 27 heavy (non-hydrogen) atoms. The first-order chi connectivity index (χ1) is 12.3. The number of rotatable bonds is 9. The average molecular weight is 416 g/mol. The molecule has 0 aromatic heterocycles. The highest BCUT2D eigenvalue weighted by atomic mass is 35.5. The number of halogens is 1. The highest BCUT2D eigenvalue weighted by Crippen LogP contribution is 2.38. The molecule has 6 nitrogen and oxygen atoms in total. The largest absolute Gasteiger partial charge is 0.466 e. The van der Waals surface area contributed by atoms with Gasteiger partial charge in [-0.2, -0.15) is 0 Å². The van der Waals surface area contributed by atoms with Gasteiger partial charge in [0.1, 0.15) is 0 Å². The molecule has 0 aliphatic carbocycles. The molecule has 8 heteroatoms. The molecule has 1 atom stereocenters. The van der Waals surface area contributed by atoms with Crippen LogP contribution in [0.2, 0.25) is 24.2 Å². The van der Waals surface area contributed by atoms with Crippen LogP contribution >= 0.6 is 11.6 Å². The van der Waals surface area contributed by atoms with Crippen molar-refractivity contribution in [3.8, 4) is 0 Å². The Balaban J connectivity index is 3.20. The fourth-order valence-electron chi connectivity index (χ4n) is 3.41. The third kappa shape index (κ3) is 8.40. The monoisotopic (exact) mass is 415 g/mol. The van der Waals surface area contributed by atoms with Crippen LogP contribution in [-0.4, -0.2) is 25.8 Å². The van der Waals surface area contributed by atoms with E-state index in [1.165, 1.54) is 12.1 Å². The van der Waals surface area contributed by atoms with Crippen molar-refractivity contribution in [1.82, 2.24) is 0 Å². The summed E-state index contributed by atoms with van der Waals surface area (Å²) < 4.78 is 11.4. The van der Waals surface area contributed by atoms with Gasteiger partial charge in [0, 0.05) is 17.5 Å². The SMILES string of the molecule is CCOC(=O)CCC(O[Si](C)(C)CC(C)(C)C)c1cc(Cl)ccc1[N+](=O)[O-]. The Hall–Kier alpha value is -1.44. The Morgan fingerprint density at radius 2 is 1.96 bits per heavy atom. The number of hydrogen-bond donors (Lipinski definition) is 0. The van der Waals surface area contributed by atoms with E-state index in [9.17, 15) is 14.9 Å². The predicted octanol–water partition coefficient (Wildman–Crippen LogP) is 5.90. The summed E-state index contributed by atoms with van der Waals surface area (Å²) in [6.45, 7) is 12.6. The van der Waals surface area contributed by atoms with Crippen molar-refractivity contribution < 1.29 is 18.9 Å². The van der Waals surface area contributed by atoms with Gasteiger partial charge in [0.05, 0.1) is 23.2 Å². The molecule has 0 N–H and O–H groups in total. The number of ether oxygens (including phenoxy) is 1. The smallest absolute Gasteiger partial charge is 0.305 e. The van der Waals surface area contributed by atoms with E-state index in [1.54, 1.807) is 13.0 Å². The summed E-state index contributed by atoms with van der Waals surface area (Å²) in [7, 11) is -2.17. The molecule has 152 valence electrons. The molecule has 1 rings (SSSR count). The third-order valence-corrected chi connectivity index (χ3v) is 6.94. The molecule has 0 saturated carbocycles. The molecule has 0 fully saturated rings. The van der Waals surface area contributed by atoms with E-state index in [1.807, 2.05) is 0 Å². The molecule has 0 aliphatic heterocycles. The van der Waals surface area contributed by atoms with Crippen LogP contribution in [0.1, 0.15) is 52.2 Å². The maximum atomic E-state index is 11.8. The van der Waals surface area contributed by atoms with Crippen LogP contribution < -0.4 is 0 Å². The van der Waals surface area contributed by atoms with E-state index < -0.39 is 19.3 Å². The Kier molecular flexibility index (Phi) is 8.44. The number of benzene rings is 1. The number of nitro groups is 1. The number of nitrogens with zero attached hydrogens (tertiary/aromatic N) is 1. The van der Waals surface area contributed by atoms with Gasteiger partial charge < -0.3 is 9.16 Å². The van der Waals surface area contributed by atoms with Gasteiger partial charge in [-0.15, -0.1) is 0 Å². The molecule has 0 amide bonds. The molecular formula is C19H30ClNO5Si. The second-order valence-electron chi connectivity index (χ2n) is 8.41. The van der Waals surface area contributed by atoms with Crippen molar-refractivity contribution in [3.05, 3.63) is 38.9 Å². The average Bonchev–Trinajstić information content (AvgIpc) is 2.48. The zero-order valence-electron chi connectivity index (χ0n) is 17.0. The predicted molar refractivity (Wildman–Crippen MR) is 110 cm³/mol. The van der Waals surface area contributed by atoms with Crippen molar-refractivity contribution in [2.75, 3.05) is 6.61 Å². The summed E-state index contributed by atoms with van der Waals surface area (Å²) in [5.41, 5.74) is 0.432. The minimum atomic E-state index is -2.17. The second kappa shape index (κ2) is 9.66. The second-order valence-corrected chi connectivity index (χ2v) is 13.0. The molecule has 0 aliphatic rings. The minimum Gasteiger partial charge on any atom is -0.466 e. The number of esters is 1. The van der Waals surface area contributed by atoms with Gasteiger partial charge in [0.2, 0.25) is 0 Å². The van der Waals surface area contributed by atoms with Crippen molar-refractivity contribution in [3.63, 3.8) is 0 Å². The number of nitro benzene ring substituents is 1. The fraction of sp³-hybridized carbons (Fsp3) is 0.632. The van der Waals surface area contributed by atoms with E-state index in [-0.39, 0.29) is 23.5 Å². The lowest BCUT2D eigenvalue weighted by molar-refractivity contribution is -0.386. The summed E-state index contributed by atoms with van der Waals surface area (Å²) in [6.07, 6.45) is -0.152. The molecule has 1 aromatic carbocycles. The van der Waals surface area contributed by atoms with Crippen LogP contribution in [-0.2, 0) is 14.0 Å². The van der Waals surface area contributed by atoms with Crippen molar-refractivity contribution in [1.29, 1.82) is 0 Å². The lowest BCUT2D eigenvalue weighted by atomic mass is 10.0. The summed E-state index contributed by atoms with van der Waals surface area (Å²) in [4.78, 5) is 22.9.